The fourth-order valence-corrected chi connectivity index (χ4v) is 1.48. The van der Waals surface area contributed by atoms with E-state index >= 15 is 0 Å². The van der Waals surface area contributed by atoms with E-state index in [1.54, 1.807) is 7.11 Å². The summed E-state index contributed by atoms with van der Waals surface area (Å²) < 4.78 is 4.94. The Morgan fingerprint density at radius 1 is 1.38 bits per heavy atom. The fourth-order valence-electron chi connectivity index (χ4n) is 1.48. The summed E-state index contributed by atoms with van der Waals surface area (Å²) in [5, 5.41) is 0. The zero-order valence-corrected chi connectivity index (χ0v) is 8.94. The van der Waals surface area contributed by atoms with Gasteiger partial charge in [0, 0.05) is 26.6 Å². The molecule has 4 heteroatoms. The first kappa shape index (κ1) is 12.7. The number of methoxy groups -OCH3 is 1. The summed E-state index contributed by atoms with van der Waals surface area (Å²) in [7, 11) is 1.67. The summed E-state index contributed by atoms with van der Waals surface area (Å²) in [6.45, 7) is 2.34. The second kappa shape index (κ2) is 7.15. The van der Waals surface area contributed by atoms with Gasteiger partial charge in [-0.25, -0.2) is 0 Å². The third-order valence-corrected chi connectivity index (χ3v) is 2.24. The van der Waals surface area contributed by atoms with Crippen LogP contribution in [0.15, 0.2) is 0 Å². The quantitative estimate of drug-likeness (QED) is 0.701. The standard InChI is InChI=1S/C9H17NO2.ClH/c1-12-8-7-10-6-4-2-3-5-9(10)11;/h2-8H2,1H3;1H. The summed E-state index contributed by atoms with van der Waals surface area (Å²) in [6, 6.07) is 0. The summed E-state index contributed by atoms with van der Waals surface area (Å²) in [4.78, 5) is 13.3. The predicted molar refractivity (Wildman–Crippen MR) is 54.2 cm³/mol. The largest absolute Gasteiger partial charge is 0.383 e. The lowest BCUT2D eigenvalue weighted by atomic mass is 10.2. The molecule has 0 aromatic carbocycles. The minimum atomic E-state index is 0. The van der Waals surface area contributed by atoms with Gasteiger partial charge >= 0.3 is 0 Å². The lowest BCUT2D eigenvalue weighted by Crippen LogP contribution is -2.33. The molecule has 1 aliphatic rings. The van der Waals surface area contributed by atoms with Crippen LogP contribution in [0.25, 0.3) is 0 Å². The van der Waals surface area contributed by atoms with Crippen molar-refractivity contribution >= 4 is 18.3 Å². The van der Waals surface area contributed by atoms with Crippen LogP contribution < -0.4 is 0 Å². The second-order valence-electron chi connectivity index (χ2n) is 3.18. The maximum atomic E-state index is 11.4. The van der Waals surface area contributed by atoms with Crippen molar-refractivity contribution < 1.29 is 9.53 Å². The Bertz CT molecular complexity index is 153. The fraction of sp³-hybridized carbons (Fsp3) is 0.889. The van der Waals surface area contributed by atoms with E-state index in [1.807, 2.05) is 4.90 Å². The van der Waals surface area contributed by atoms with E-state index in [4.69, 9.17) is 4.74 Å². The molecule has 0 radical (unpaired) electrons. The number of hydrogen-bond donors (Lipinski definition) is 0. The van der Waals surface area contributed by atoms with Crippen molar-refractivity contribution in [1.29, 1.82) is 0 Å². The lowest BCUT2D eigenvalue weighted by Gasteiger charge is -2.19. The monoisotopic (exact) mass is 207 g/mol. The molecule has 0 spiro atoms. The molecule has 13 heavy (non-hydrogen) atoms. The van der Waals surface area contributed by atoms with Crippen LogP contribution in [0.2, 0.25) is 0 Å². The summed E-state index contributed by atoms with van der Waals surface area (Å²) in [5.74, 6) is 0.296. The van der Waals surface area contributed by atoms with Gasteiger partial charge in [0.1, 0.15) is 0 Å². The molecule has 3 nitrogen and oxygen atoms in total. The van der Waals surface area contributed by atoms with Gasteiger partial charge in [0.15, 0.2) is 0 Å². The number of rotatable bonds is 3. The average molecular weight is 208 g/mol. The molecular weight excluding hydrogens is 190 g/mol. The molecule has 0 atom stereocenters. The first-order chi connectivity index (χ1) is 5.84. The molecule has 0 aromatic rings. The van der Waals surface area contributed by atoms with Crippen molar-refractivity contribution in [2.75, 3.05) is 26.8 Å². The highest BCUT2D eigenvalue weighted by molar-refractivity contribution is 5.85. The van der Waals surface area contributed by atoms with E-state index in [0.717, 1.165) is 32.4 Å². The molecule has 1 amide bonds. The number of hydrogen-bond acceptors (Lipinski definition) is 2. The van der Waals surface area contributed by atoms with Gasteiger partial charge < -0.3 is 9.64 Å². The molecule has 0 bridgehead atoms. The number of carbonyl (C=O) groups excluding carboxylic acids is 1. The number of carbonyl (C=O) groups is 1. The molecule has 1 fully saturated rings. The van der Waals surface area contributed by atoms with Gasteiger partial charge in [0.2, 0.25) is 5.91 Å². The highest BCUT2D eigenvalue weighted by atomic mass is 35.5. The maximum absolute atomic E-state index is 11.4. The Balaban J connectivity index is 0.00000144. The minimum Gasteiger partial charge on any atom is -0.383 e. The zero-order valence-electron chi connectivity index (χ0n) is 8.12. The van der Waals surface area contributed by atoms with Crippen LogP contribution in [0.3, 0.4) is 0 Å². The molecule has 1 heterocycles. The van der Waals surface area contributed by atoms with Crippen LogP contribution >= 0.6 is 12.4 Å². The minimum absolute atomic E-state index is 0. The normalized spacial score (nSPS) is 17.9. The van der Waals surface area contributed by atoms with E-state index in [1.165, 1.54) is 6.42 Å². The maximum Gasteiger partial charge on any atom is 0.222 e. The van der Waals surface area contributed by atoms with Crippen molar-refractivity contribution in [3.63, 3.8) is 0 Å². The van der Waals surface area contributed by atoms with Crippen LogP contribution in [0.1, 0.15) is 25.7 Å². The van der Waals surface area contributed by atoms with Gasteiger partial charge in [-0.2, -0.15) is 0 Å². The summed E-state index contributed by atoms with van der Waals surface area (Å²) in [6.07, 6.45) is 4.12. The number of amides is 1. The molecule has 1 rings (SSSR count). The molecule has 0 aromatic heterocycles. The Labute approximate surface area is 85.8 Å². The van der Waals surface area contributed by atoms with Gasteiger partial charge in [-0.3, -0.25) is 4.79 Å². The second-order valence-corrected chi connectivity index (χ2v) is 3.18. The first-order valence-corrected chi connectivity index (χ1v) is 4.61. The molecule has 0 N–H and O–H groups in total. The Kier molecular flexibility index (Phi) is 7.00. The molecule has 78 valence electrons. The zero-order chi connectivity index (χ0) is 8.81. The molecule has 0 saturated carbocycles. The van der Waals surface area contributed by atoms with E-state index < -0.39 is 0 Å². The molecule has 0 unspecified atom stereocenters. The average Bonchev–Trinajstić information content (AvgIpc) is 2.27. The van der Waals surface area contributed by atoms with Crippen molar-refractivity contribution in [3.05, 3.63) is 0 Å². The topological polar surface area (TPSA) is 29.5 Å². The predicted octanol–water partition coefficient (Wildman–Crippen LogP) is 1.46. The van der Waals surface area contributed by atoms with E-state index in [9.17, 15) is 4.79 Å². The van der Waals surface area contributed by atoms with Crippen LogP contribution in [0.5, 0.6) is 0 Å². The highest BCUT2D eigenvalue weighted by Gasteiger charge is 2.15. The van der Waals surface area contributed by atoms with Crippen LogP contribution in [0, 0.1) is 0 Å². The van der Waals surface area contributed by atoms with Crippen molar-refractivity contribution in [2.24, 2.45) is 0 Å². The van der Waals surface area contributed by atoms with Crippen LogP contribution in [-0.2, 0) is 9.53 Å². The van der Waals surface area contributed by atoms with Gasteiger partial charge in [-0.15, -0.1) is 12.4 Å². The highest BCUT2D eigenvalue weighted by Crippen LogP contribution is 2.10. The number of nitrogens with zero attached hydrogens (tertiary/aromatic N) is 1. The Morgan fingerprint density at radius 3 is 2.85 bits per heavy atom. The van der Waals surface area contributed by atoms with Gasteiger partial charge in [0.05, 0.1) is 6.61 Å². The van der Waals surface area contributed by atoms with Crippen LogP contribution in [-0.4, -0.2) is 37.6 Å². The third-order valence-electron chi connectivity index (χ3n) is 2.24. The van der Waals surface area contributed by atoms with Gasteiger partial charge in [-0.05, 0) is 12.8 Å². The van der Waals surface area contributed by atoms with Crippen molar-refractivity contribution in [1.82, 2.24) is 4.90 Å². The Hall–Kier alpha value is -0.280. The van der Waals surface area contributed by atoms with Crippen molar-refractivity contribution in [2.45, 2.75) is 25.7 Å². The summed E-state index contributed by atoms with van der Waals surface area (Å²) in [5.41, 5.74) is 0. The third kappa shape index (κ3) is 4.48. The SMILES string of the molecule is COCCN1CCCCCC1=O.Cl. The molecule has 1 saturated heterocycles. The summed E-state index contributed by atoms with van der Waals surface area (Å²) >= 11 is 0. The van der Waals surface area contributed by atoms with Gasteiger partial charge in [0.25, 0.3) is 0 Å². The van der Waals surface area contributed by atoms with Gasteiger partial charge in [-0.1, -0.05) is 6.42 Å². The molecular formula is C9H18ClNO2. The van der Waals surface area contributed by atoms with E-state index in [0.29, 0.717) is 12.5 Å². The first-order valence-electron chi connectivity index (χ1n) is 4.61. The smallest absolute Gasteiger partial charge is 0.222 e. The number of likely N-dealkylation sites (tertiary alicyclic amines) is 1. The number of ether oxygens (including phenoxy) is 1. The molecule has 1 aliphatic heterocycles. The van der Waals surface area contributed by atoms with Crippen LogP contribution in [0.4, 0.5) is 0 Å². The number of halogens is 1. The van der Waals surface area contributed by atoms with E-state index in [2.05, 4.69) is 0 Å². The van der Waals surface area contributed by atoms with Crippen molar-refractivity contribution in [3.8, 4) is 0 Å². The lowest BCUT2D eigenvalue weighted by molar-refractivity contribution is -0.131. The van der Waals surface area contributed by atoms with E-state index in [-0.39, 0.29) is 12.4 Å². The Morgan fingerprint density at radius 2 is 2.15 bits per heavy atom. The molecule has 0 aliphatic carbocycles.